The molecule has 2 saturated heterocycles. The molecule has 4 aliphatic rings. The molecule has 0 aromatic rings. The highest BCUT2D eigenvalue weighted by molar-refractivity contribution is 6.37. The first-order valence-corrected chi connectivity index (χ1v) is 6.77. The van der Waals surface area contributed by atoms with Crippen molar-refractivity contribution in [2.75, 3.05) is 7.11 Å². The third-order valence-electron chi connectivity index (χ3n) is 5.83. The summed E-state index contributed by atoms with van der Waals surface area (Å²) < 4.78 is 10.9. The quantitative estimate of drug-likeness (QED) is 0.534. The lowest BCUT2D eigenvalue weighted by molar-refractivity contribution is -0.153. The van der Waals surface area contributed by atoms with E-state index < -0.39 is 33.4 Å². The van der Waals surface area contributed by atoms with E-state index in [4.69, 9.17) is 21.1 Å². The Labute approximate surface area is 110 Å². The third kappa shape index (κ3) is 0.745. The zero-order valence-electron chi connectivity index (χ0n) is 10.4. The molecule has 18 heavy (non-hydrogen) atoms. The van der Waals surface area contributed by atoms with Crippen LogP contribution in [0, 0.1) is 10.8 Å². The number of fused-ring (bicyclic) bond motifs is 4. The Bertz CT molecular complexity index is 493. The average Bonchev–Trinajstić information content (AvgIpc) is 3.23. The first kappa shape index (κ1) is 11.2. The maximum Gasteiger partial charge on any atom is 0.330 e. The molecule has 2 aliphatic heterocycles. The van der Waals surface area contributed by atoms with Gasteiger partial charge in [-0.2, -0.15) is 0 Å². The van der Waals surface area contributed by atoms with Crippen LogP contribution in [0.15, 0.2) is 0 Å². The Kier molecular flexibility index (Phi) is 1.64. The zero-order valence-corrected chi connectivity index (χ0v) is 11.2. The normalized spacial score (nSPS) is 48.8. The molecular formula is C13H15ClO4. The number of ether oxygens (including phenoxy) is 2. The Balaban J connectivity index is 1.94. The maximum absolute atomic E-state index is 12.5. The predicted molar refractivity (Wildman–Crippen MR) is 62.2 cm³/mol. The van der Waals surface area contributed by atoms with E-state index in [1.807, 2.05) is 6.92 Å². The molecular weight excluding hydrogens is 256 g/mol. The number of carbonyl (C=O) groups is 2. The summed E-state index contributed by atoms with van der Waals surface area (Å²) in [7, 11) is 1.35. The van der Waals surface area contributed by atoms with Crippen LogP contribution in [0.3, 0.4) is 0 Å². The van der Waals surface area contributed by atoms with Gasteiger partial charge in [-0.1, -0.05) is 0 Å². The molecule has 0 aromatic carbocycles. The van der Waals surface area contributed by atoms with Crippen LogP contribution in [0.5, 0.6) is 0 Å². The zero-order chi connectivity index (χ0) is 13.0. The van der Waals surface area contributed by atoms with Crippen molar-refractivity contribution >= 4 is 23.4 Å². The molecule has 0 amide bonds. The van der Waals surface area contributed by atoms with Gasteiger partial charge in [0.2, 0.25) is 0 Å². The predicted octanol–water partition coefficient (Wildman–Crippen LogP) is 1.44. The lowest BCUT2D eigenvalue weighted by Gasteiger charge is -2.44. The van der Waals surface area contributed by atoms with Gasteiger partial charge in [0.25, 0.3) is 0 Å². The third-order valence-corrected chi connectivity index (χ3v) is 6.72. The van der Waals surface area contributed by atoms with E-state index in [1.54, 1.807) is 0 Å². The molecule has 2 saturated carbocycles. The van der Waals surface area contributed by atoms with Gasteiger partial charge >= 0.3 is 5.97 Å². The summed E-state index contributed by atoms with van der Waals surface area (Å²) in [4.78, 5) is 23.5. The minimum Gasteiger partial charge on any atom is -0.468 e. The van der Waals surface area contributed by atoms with Crippen LogP contribution in [0.25, 0.3) is 0 Å². The highest BCUT2D eigenvalue weighted by atomic mass is 35.5. The first-order valence-electron chi connectivity index (χ1n) is 6.39. The number of halogens is 1. The highest BCUT2D eigenvalue weighted by Gasteiger charge is 2.92. The average molecular weight is 271 g/mol. The molecule has 2 bridgehead atoms. The summed E-state index contributed by atoms with van der Waals surface area (Å²) in [5.41, 5.74) is -1.93. The number of esters is 1. The number of rotatable bonds is 1. The molecule has 4 fully saturated rings. The summed E-state index contributed by atoms with van der Waals surface area (Å²) in [6.07, 6.45) is 2.60. The Morgan fingerprint density at radius 3 is 2.44 bits per heavy atom. The van der Waals surface area contributed by atoms with Crippen LogP contribution in [0.4, 0.5) is 0 Å². The van der Waals surface area contributed by atoms with Crippen LogP contribution in [-0.2, 0) is 19.1 Å². The summed E-state index contributed by atoms with van der Waals surface area (Å²) in [6, 6.07) is 0. The van der Waals surface area contributed by atoms with Crippen molar-refractivity contribution in [3.8, 4) is 0 Å². The van der Waals surface area contributed by atoms with Crippen molar-refractivity contribution in [2.24, 2.45) is 10.8 Å². The van der Waals surface area contributed by atoms with Crippen molar-refractivity contribution in [3.05, 3.63) is 0 Å². The molecule has 2 aliphatic carbocycles. The van der Waals surface area contributed by atoms with Crippen molar-refractivity contribution in [3.63, 3.8) is 0 Å². The van der Waals surface area contributed by atoms with Gasteiger partial charge in [0.1, 0.15) is 11.7 Å². The van der Waals surface area contributed by atoms with E-state index in [0.717, 1.165) is 25.7 Å². The fourth-order valence-corrected chi connectivity index (χ4v) is 5.04. The number of ketones is 1. The van der Waals surface area contributed by atoms with Gasteiger partial charge in [0.15, 0.2) is 10.7 Å². The van der Waals surface area contributed by atoms with Gasteiger partial charge in [0, 0.05) is 5.41 Å². The SMILES string of the molecule is COC(=O)[C@]1(Cl)C2(CC2)[C@H]2O[C@@]1(C)C1(CC1)C2=O. The Morgan fingerprint density at radius 1 is 1.39 bits per heavy atom. The fourth-order valence-electron chi connectivity index (χ4n) is 4.45. The fraction of sp³-hybridized carbons (Fsp3) is 0.846. The van der Waals surface area contributed by atoms with Crippen molar-refractivity contribution in [1.82, 2.24) is 0 Å². The number of carbonyl (C=O) groups excluding carboxylic acids is 2. The van der Waals surface area contributed by atoms with Gasteiger partial charge < -0.3 is 9.47 Å². The molecule has 98 valence electrons. The molecule has 2 spiro atoms. The van der Waals surface area contributed by atoms with Gasteiger partial charge in [-0.3, -0.25) is 9.59 Å². The monoisotopic (exact) mass is 270 g/mol. The second-order valence-corrected chi connectivity index (χ2v) is 6.85. The van der Waals surface area contributed by atoms with Gasteiger partial charge in [-0.05, 0) is 32.6 Å². The molecule has 4 rings (SSSR count). The van der Waals surface area contributed by atoms with Crippen molar-refractivity contribution in [1.29, 1.82) is 0 Å². The van der Waals surface area contributed by atoms with E-state index in [-0.39, 0.29) is 5.78 Å². The lowest BCUT2D eigenvalue weighted by Crippen LogP contribution is -2.64. The first-order chi connectivity index (χ1) is 8.40. The largest absolute Gasteiger partial charge is 0.468 e. The molecule has 2 heterocycles. The van der Waals surface area contributed by atoms with Crippen LogP contribution >= 0.6 is 11.6 Å². The van der Waals surface area contributed by atoms with Crippen LogP contribution in [0.1, 0.15) is 32.6 Å². The van der Waals surface area contributed by atoms with Crippen LogP contribution in [-0.4, -0.2) is 35.4 Å². The second-order valence-electron chi connectivity index (χ2n) is 6.28. The minimum absolute atomic E-state index is 0.169. The van der Waals surface area contributed by atoms with E-state index in [1.165, 1.54) is 7.11 Å². The van der Waals surface area contributed by atoms with E-state index in [2.05, 4.69) is 0 Å². The Morgan fingerprint density at radius 2 is 2.00 bits per heavy atom. The van der Waals surface area contributed by atoms with Crippen LogP contribution in [0.2, 0.25) is 0 Å². The van der Waals surface area contributed by atoms with Gasteiger partial charge in [-0.15, -0.1) is 11.6 Å². The molecule has 0 aromatic heterocycles. The molecule has 5 heteroatoms. The van der Waals surface area contributed by atoms with Gasteiger partial charge in [0.05, 0.1) is 12.5 Å². The molecule has 0 radical (unpaired) electrons. The van der Waals surface area contributed by atoms with Crippen molar-refractivity contribution in [2.45, 2.75) is 49.2 Å². The molecule has 0 unspecified atom stereocenters. The van der Waals surface area contributed by atoms with Gasteiger partial charge in [-0.25, -0.2) is 0 Å². The highest BCUT2D eigenvalue weighted by Crippen LogP contribution is 2.81. The summed E-state index contributed by atoms with van der Waals surface area (Å²) in [5, 5.41) is 0. The topological polar surface area (TPSA) is 52.6 Å². The maximum atomic E-state index is 12.5. The lowest BCUT2D eigenvalue weighted by atomic mass is 9.61. The van der Waals surface area contributed by atoms with E-state index >= 15 is 0 Å². The Hall–Kier alpha value is -0.610. The number of hydrogen-bond donors (Lipinski definition) is 0. The number of Topliss-reactive ketones (excluding diaryl/α,β-unsaturated/α-hetero) is 1. The number of methoxy groups -OCH3 is 1. The smallest absolute Gasteiger partial charge is 0.330 e. The summed E-state index contributed by atoms with van der Waals surface area (Å²) in [5.74, 6) is -0.270. The number of hydrogen-bond acceptors (Lipinski definition) is 4. The molecule has 4 nitrogen and oxygen atoms in total. The van der Waals surface area contributed by atoms with E-state index in [9.17, 15) is 9.59 Å². The number of alkyl halides is 1. The summed E-state index contributed by atoms with van der Waals surface area (Å²) >= 11 is 6.75. The van der Waals surface area contributed by atoms with Crippen molar-refractivity contribution < 1.29 is 19.1 Å². The second kappa shape index (κ2) is 2.63. The minimum atomic E-state index is -1.19. The molecule has 3 atom stereocenters. The molecule has 0 N–H and O–H groups in total. The van der Waals surface area contributed by atoms with E-state index in [0.29, 0.717) is 0 Å². The summed E-state index contributed by atoms with van der Waals surface area (Å²) in [6.45, 7) is 1.83. The van der Waals surface area contributed by atoms with Crippen LogP contribution < -0.4 is 0 Å². The standard InChI is InChI=1S/C13H15ClO4/c1-10-11(3-4-11)7(15)8(18-10)12(5-6-12)13(10,14)9(16)17-2/h8H,3-6H2,1-2H3/t8-,10-,13+/m0/s1.